The fraction of sp³-hybridized carbons (Fsp3) is 1.00. The molecule has 0 amide bonds. The molecule has 12 nitrogen and oxygen atoms in total. The maximum Gasteiger partial charge on any atom is 0.472 e. The molecule has 2 heterocycles. The normalized spacial score (nSPS) is 30.0. The molecule has 0 aliphatic carbocycles. The number of hydrogen-bond donors (Lipinski definition) is 6. The van der Waals surface area contributed by atoms with Crippen LogP contribution in [0, 0.1) is 5.92 Å². The number of phosphoric ester groups is 2. The van der Waals surface area contributed by atoms with Crippen molar-refractivity contribution < 1.29 is 37.0 Å². The van der Waals surface area contributed by atoms with Gasteiger partial charge >= 0.3 is 15.6 Å². The van der Waals surface area contributed by atoms with Gasteiger partial charge in [0.05, 0.1) is 26.4 Å². The van der Waals surface area contributed by atoms with Gasteiger partial charge in [-0.3, -0.25) is 18.1 Å². The molecular formula is C20H44N4O8P2. The van der Waals surface area contributed by atoms with E-state index in [0.717, 1.165) is 25.9 Å². The summed E-state index contributed by atoms with van der Waals surface area (Å²) in [5, 5.41) is 13.3. The van der Waals surface area contributed by atoms with Crippen LogP contribution in [0.4, 0.5) is 0 Å². The second-order valence-corrected chi connectivity index (χ2v) is 12.9. The van der Waals surface area contributed by atoms with Crippen LogP contribution in [0.5, 0.6) is 0 Å². The lowest BCUT2D eigenvalue weighted by atomic mass is 10.1. The third kappa shape index (κ3) is 12.3. The number of rotatable bonds is 16. The summed E-state index contributed by atoms with van der Waals surface area (Å²) in [7, 11) is -8.49. The first-order chi connectivity index (χ1) is 15.8. The van der Waals surface area contributed by atoms with Crippen molar-refractivity contribution in [2.45, 2.75) is 83.7 Å². The van der Waals surface area contributed by atoms with E-state index >= 15 is 0 Å². The third-order valence-corrected chi connectivity index (χ3v) is 7.41. The highest BCUT2D eigenvalue weighted by molar-refractivity contribution is 7.47. The minimum Gasteiger partial charge on any atom is -0.310 e. The maximum absolute atomic E-state index is 12.2. The molecule has 14 heteroatoms. The number of hydrogen-bond acceptors (Lipinski definition) is 10. The predicted molar refractivity (Wildman–Crippen MR) is 130 cm³/mol. The Labute approximate surface area is 203 Å². The molecule has 6 N–H and O–H groups in total. The molecule has 0 aromatic carbocycles. The van der Waals surface area contributed by atoms with Gasteiger partial charge in [-0.25, -0.2) is 9.13 Å². The lowest BCUT2D eigenvalue weighted by molar-refractivity contribution is 0.0931. The lowest BCUT2D eigenvalue weighted by Gasteiger charge is -2.20. The lowest BCUT2D eigenvalue weighted by Crippen LogP contribution is -2.35. The Kier molecular flexibility index (Phi) is 12.6. The minimum atomic E-state index is -4.25. The first-order valence-corrected chi connectivity index (χ1v) is 15.0. The van der Waals surface area contributed by atoms with Gasteiger partial charge in [-0.05, 0) is 12.8 Å². The number of phosphoric acid groups is 2. The Bertz CT molecular complexity index is 645. The van der Waals surface area contributed by atoms with Crippen LogP contribution in [0.3, 0.4) is 0 Å². The van der Waals surface area contributed by atoms with E-state index in [1.165, 1.54) is 0 Å². The Morgan fingerprint density at radius 1 is 0.765 bits per heavy atom. The second-order valence-electron chi connectivity index (χ2n) is 9.94. The third-order valence-electron chi connectivity index (χ3n) is 5.50. The Hall–Kier alpha value is 0.0600. The molecule has 0 bridgehead atoms. The highest BCUT2D eigenvalue weighted by atomic mass is 31.2. The molecule has 0 aromatic heterocycles. The Balaban J connectivity index is 1.60. The van der Waals surface area contributed by atoms with Gasteiger partial charge in [-0.15, -0.1) is 0 Å². The van der Waals surface area contributed by atoms with Crippen LogP contribution in [0.15, 0.2) is 0 Å². The molecule has 0 aromatic rings. The Morgan fingerprint density at radius 3 is 1.50 bits per heavy atom. The monoisotopic (exact) mass is 530 g/mol. The van der Waals surface area contributed by atoms with E-state index < -0.39 is 21.6 Å². The minimum absolute atomic E-state index is 0.0377. The van der Waals surface area contributed by atoms with Gasteiger partial charge in [0, 0.05) is 55.3 Å². The van der Waals surface area contributed by atoms with Crippen LogP contribution >= 0.6 is 15.6 Å². The quantitative estimate of drug-likeness (QED) is 0.159. The SMILES string of the molecule is CC(COP(=O)(O)OCC1CC(NC(C)C)CN1)COP(=O)(O)OCC1CC(NC(C)C)CN1. The molecule has 2 aliphatic heterocycles. The van der Waals surface area contributed by atoms with Crippen LogP contribution < -0.4 is 21.3 Å². The van der Waals surface area contributed by atoms with Gasteiger partial charge < -0.3 is 31.1 Å². The topological polar surface area (TPSA) is 160 Å². The first kappa shape index (κ1) is 30.3. The van der Waals surface area contributed by atoms with E-state index in [-0.39, 0.29) is 38.5 Å². The summed E-state index contributed by atoms with van der Waals surface area (Å²) < 4.78 is 44.6. The zero-order valence-electron chi connectivity index (χ0n) is 20.9. The van der Waals surface area contributed by atoms with Crippen molar-refractivity contribution >= 4 is 15.6 Å². The summed E-state index contributed by atoms with van der Waals surface area (Å²) in [6.07, 6.45) is 1.58. The fourth-order valence-corrected chi connectivity index (χ4v) is 5.79. The van der Waals surface area contributed by atoms with E-state index in [2.05, 4.69) is 49.0 Å². The molecule has 2 saturated heterocycles. The summed E-state index contributed by atoms with van der Waals surface area (Å²) in [5.74, 6) is -0.429. The first-order valence-electron chi connectivity index (χ1n) is 12.1. The second kappa shape index (κ2) is 14.1. The molecule has 0 spiro atoms. The number of nitrogens with one attached hydrogen (secondary N) is 4. The zero-order valence-corrected chi connectivity index (χ0v) is 22.7. The van der Waals surface area contributed by atoms with Gasteiger partial charge in [-0.2, -0.15) is 0 Å². The molecule has 2 fully saturated rings. The summed E-state index contributed by atoms with van der Waals surface area (Å²) in [5.41, 5.74) is 0. The molecule has 202 valence electrons. The van der Waals surface area contributed by atoms with Gasteiger partial charge in [0.2, 0.25) is 0 Å². The molecule has 34 heavy (non-hydrogen) atoms. The van der Waals surface area contributed by atoms with Crippen molar-refractivity contribution in [3.8, 4) is 0 Å². The fourth-order valence-electron chi connectivity index (χ4n) is 4.02. The standard InChI is InChI=1S/C20H44N4O8P2/c1-14(2)23-17-6-19(21-8-17)12-31-33(25,26)29-10-16(5)11-30-34(27,28)32-13-20-7-18(9-22-20)24-15(3)4/h14-24H,6-13H2,1-5H3,(H,25,26)(H,27,28). The van der Waals surface area contributed by atoms with Crippen molar-refractivity contribution in [2.24, 2.45) is 5.92 Å². The summed E-state index contributed by atoms with van der Waals surface area (Å²) in [4.78, 5) is 19.9. The van der Waals surface area contributed by atoms with Gasteiger partial charge in [0.15, 0.2) is 0 Å². The largest absolute Gasteiger partial charge is 0.472 e. The molecule has 0 radical (unpaired) electrons. The highest BCUT2D eigenvalue weighted by Crippen LogP contribution is 2.46. The van der Waals surface area contributed by atoms with E-state index in [9.17, 15) is 18.9 Å². The molecule has 6 unspecified atom stereocenters. The van der Waals surface area contributed by atoms with Crippen molar-refractivity contribution in [3.63, 3.8) is 0 Å². The molecular weight excluding hydrogens is 486 g/mol. The van der Waals surface area contributed by atoms with Crippen molar-refractivity contribution in [1.82, 2.24) is 21.3 Å². The van der Waals surface area contributed by atoms with Crippen LogP contribution in [0.25, 0.3) is 0 Å². The van der Waals surface area contributed by atoms with E-state index in [0.29, 0.717) is 24.2 Å². The summed E-state index contributed by atoms with van der Waals surface area (Å²) in [6, 6.07) is 1.24. The van der Waals surface area contributed by atoms with Crippen LogP contribution in [0.1, 0.15) is 47.5 Å². The van der Waals surface area contributed by atoms with Gasteiger partial charge in [-0.1, -0.05) is 34.6 Å². The molecule has 2 aliphatic rings. The van der Waals surface area contributed by atoms with Crippen molar-refractivity contribution in [1.29, 1.82) is 0 Å². The van der Waals surface area contributed by atoms with E-state index in [4.69, 9.17) is 18.1 Å². The Morgan fingerprint density at radius 2 is 1.15 bits per heavy atom. The summed E-state index contributed by atoms with van der Waals surface area (Å²) >= 11 is 0. The van der Waals surface area contributed by atoms with Crippen LogP contribution in [0.2, 0.25) is 0 Å². The maximum atomic E-state index is 12.2. The molecule has 6 atom stereocenters. The van der Waals surface area contributed by atoms with Gasteiger partial charge in [0.1, 0.15) is 0 Å². The summed E-state index contributed by atoms with van der Waals surface area (Å²) in [6.45, 7) is 11.3. The molecule has 2 rings (SSSR count). The van der Waals surface area contributed by atoms with E-state index in [1.807, 2.05) is 0 Å². The van der Waals surface area contributed by atoms with Gasteiger partial charge in [0.25, 0.3) is 0 Å². The van der Waals surface area contributed by atoms with E-state index in [1.54, 1.807) is 6.92 Å². The van der Waals surface area contributed by atoms with Crippen LogP contribution in [-0.4, -0.2) is 85.6 Å². The van der Waals surface area contributed by atoms with Crippen molar-refractivity contribution in [3.05, 3.63) is 0 Å². The molecule has 0 saturated carbocycles. The average Bonchev–Trinajstić information content (AvgIpc) is 3.36. The van der Waals surface area contributed by atoms with Crippen molar-refractivity contribution in [2.75, 3.05) is 39.5 Å². The highest BCUT2D eigenvalue weighted by Gasteiger charge is 2.31. The average molecular weight is 531 g/mol. The smallest absolute Gasteiger partial charge is 0.310 e. The predicted octanol–water partition coefficient (Wildman–Crippen LogP) is 1.35. The van der Waals surface area contributed by atoms with Crippen LogP contribution in [-0.2, 0) is 27.2 Å². The zero-order chi connectivity index (χ0) is 25.4.